The van der Waals surface area contributed by atoms with Crippen LogP contribution in [0.3, 0.4) is 0 Å². The number of ether oxygens (including phenoxy) is 1. The van der Waals surface area contributed by atoms with Gasteiger partial charge < -0.3 is 19.9 Å². The molecule has 0 bridgehead atoms. The monoisotopic (exact) mass is 291 g/mol. The number of rotatable bonds is 5. The van der Waals surface area contributed by atoms with Crippen LogP contribution in [0.2, 0.25) is 0 Å². The van der Waals surface area contributed by atoms with E-state index >= 15 is 0 Å². The summed E-state index contributed by atoms with van der Waals surface area (Å²) in [5.41, 5.74) is 0. The van der Waals surface area contributed by atoms with Gasteiger partial charge in [0.1, 0.15) is 0 Å². The van der Waals surface area contributed by atoms with E-state index in [9.17, 15) is 4.79 Å². The molecule has 1 atom stereocenters. The van der Waals surface area contributed by atoms with Gasteiger partial charge in [0.15, 0.2) is 0 Å². The first-order valence-corrected chi connectivity index (χ1v) is 7.00. The summed E-state index contributed by atoms with van der Waals surface area (Å²) in [5.74, 6) is 0.954. The van der Waals surface area contributed by atoms with Crippen LogP contribution in [0, 0.1) is 5.92 Å². The van der Waals surface area contributed by atoms with Crippen molar-refractivity contribution in [3.05, 3.63) is 0 Å². The highest BCUT2D eigenvalue weighted by atomic mass is 35.5. The normalized spacial score (nSPS) is 23.5. The maximum atomic E-state index is 12.0. The summed E-state index contributed by atoms with van der Waals surface area (Å²) in [4.78, 5) is 16.2. The molecule has 5 nitrogen and oxygen atoms in total. The first-order valence-electron chi connectivity index (χ1n) is 7.00. The number of carbonyl (C=O) groups is 1. The summed E-state index contributed by atoms with van der Waals surface area (Å²) < 4.78 is 5.37. The van der Waals surface area contributed by atoms with E-state index in [1.807, 2.05) is 4.90 Å². The molecule has 1 unspecified atom stereocenters. The minimum atomic E-state index is 0. The Balaban J connectivity index is 0.00000180. The van der Waals surface area contributed by atoms with E-state index in [0.29, 0.717) is 18.2 Å². The Kier molecular flexibility index (Phi) is 7.68. The summed E-state index contributed by atoms with van der Waals surface area (Å²) in [6.07, 6.45) is 1.81. The van der Waals surface area contributed by atoms with Gasteiger partial charge in [-0.2, -0.15) is 0 Å². The molecule has 2 aliphatic heterocycles. The second-order valence-corrected chi connectivity index (χ2v) is 5.37. The van der Waals surface area contributed by atoms with Gasteiger partial charge in [-0.15, -0.1) is 12.4 Å². The van der Waals surface area contributed by atoms with Crippen molar-refractivity contribution in [2.75, 3.05) is 59.5 Å². The number of halogens is 1. The molecule has 0 aromatic heterocycles. The Bertz CT molecular complexity index is 267. The molecule has 0 spiro atoms. The molecule has 0 aromatic rings. The van der Waals surface area contributed by atoms with Gasteiger partial charge in [0.05, 0.1) is 6.61 Å². The van der Waals surface area contributed by atoms with Crippen molar-refractivity contribution in [1.29, 1.82) is 0 Å². The van der Waals surface area contributed by atoms with Gasteiger partial charge in [-0.05, 0) is 19.4 Å². The molecule has 0 radical (unpaired) electrons. The van der Waals surface area contributed by atoms with Crippen LogP contribution in [-0.4, -0.2) is 75.2 Å². The summed E-state index contributed by atoms with van der Waals surface area (Å²) in [7, 11) is 2.10. The smallest absolute Gasteiger partial charge is 0.223 e. The van der Waals surface area contributed by atoms with Crippen molar-refractivity contribution in [2.24, 2.45) is 5.92 Å². The number of hydrogen-bond donors (Lipinski definition) is 1. The molecule has 0 aliphatic carbocycles. The molecule has 2 heterocycles. The fourth-order valence-electron chi connectivity index (χ4n) is 2.62. The highest BCUT2D eigenvalue weighted by Gasteiger charge is 2.19. The Labute approximate surface area is 122 Å². The molecular formula is C13H26ClN3O2. The van der Waals surface area contributed by atoms with Gasteiger partial charge in [0, 0.05) is 52.3 Å². The Morgan fingerprint density at radius 2 is 2.16 bits per heavy atom. The SMILES string of the molecule is CN(CCC(=O)N1CCNCC1)CC1CCOC1.Cl. The molecule has 19 heavy (non-hydrogen) atoms. The highest BCUT2D eigenvalue weighted by molar-refractivity contribution is 5.85. The second kappa shape index (κ2) is 8.74. The molecule has 1 amide bonds. The van der Waals surface area contributed by atoms with Gasteiger partial charge in [-0.3, -0.25) is 4.79 Å². The fourth-order valence-corrected chi connectivity index (χ4v) is 2.62. The number of nitrogens with zero attached hydrogens (tertiary/aromatic N) is 2. The Hall–Kier alpha value is -0.360. The zero-order valence-electron chi connectivity index (χ0n) is 11.8. The van der Waals surface area contributed by atoms with Crippen LogP contribution in [0.5, 0.6) is 0 Å². The molecule has 2 aliphatic rings. The number of hydrogen-bond acceptors (Lipinski definition) is 4. The molecular weight excluding hydrogens is 266 g/mol. The van der Waals surface area contributed by atoms with E-state index < -0.39 is 0 Å². The van der Waals surface area contributed by atoms with Crippen LogP contribution >= 0.6 is 12.4 Å². The Morgan fingerprint density at radius 1 is 1.42 bits per heavy atom. The molecule has 2 fully saturated rings. The number of nitrogens with one attached hydrogen (secondary N) is 1. The van der Waals surface area contributed by atoms with E-state index in [1.54, 1.807) is 0 Å². The molecule has 2 saturated heterocycles. The second-order valence-electron chi connectivity index (χ2n) is 5.37. The lowest BCUT2D eigenvalue weighted by atomic mass is 10.1. The van der Waals surface area contributed by atoms with Crippen molar-refractivity contribution in [3.63, 3.8) is 0 Å². The van der Waals surface area contributed by atoms with Crippen LogP contribution in [0.4, 0.5) is 0 Å². The lowest BCUT2D eigenvalue weighted by Crippen LogP contribution is -2.47. The molecule has 0 aromatic carbocycles. The van der Waals surface area contributed by atoms with Gasteiger partial charge in [-0.25, -0.2) is 0 Å². The minimum Gasteiger partial charge on any atom is -0.381 e. The predicted octanol–water partition coefficient (Wildman–Crippen LogP) is 0.198. The third-order valence-corrected chi connectivity index (χ3v) is 3.77. The standard InChI is InChI=1S/C13H25N3O2.ClH/c1-15(10-12-3-9-18-11-12)6-2-13(17)16-7-4-14-5-8-16;/h12,14H,2-11H2,1H3;1H. The lowest BCUT2D eigenvalue weighted by Gasteiger charge is -2.28. The largest absolute Gasteiger partial charge is 0.381 e. The third kappa shape index (κ3) is 5.65. The summed E-state index contributed by atoms with van der Waals surface area (Å²) in [6.45, 7) is 7.28. The topological polar surface area (TPSA) is 44.8 Å². The Morgan fingerprint density at radius 3 is 2.79 bits per heavy atom. The summed E-state index contributed by atoms with van der Waals surface area (Å²) >= 11 is 0. The average molecular weight is 292 g/mol. The summed E-state index contributed by atoms with van der Waals surface area (Å²) in [6, 6.07) is 0. The highest BCUT2D eigenvalue weighted by Crippen LogP contribution is 2.13. The summed E-state index contributed by atoms with van der Waals surface area (Å²) in [5, 5.41) is 3.26. The van der Waals surface area contributed by atoms with Crippen molar-refractivity contribution in [2.45, 2.75) is 12.8 Å². The van der Waals surface area contributed by atoms with Gasteiger partial charge >= 0.3 is 0 Å². The lowest BCUT2D eigenvalue weighted by molar-refractivity contribution is -0.132. The average Bonchev–Trinajstić information content (AvgIpc) is 2.90. The molecule has 0 saturated carbocycles. The van der Waals surface area contributed by atoms with E-state index in [4.69, 9.17) is 4.74 Å². The van der Waals surface area contributed by atoms with E-state index in [0.717, 1.165) is 58.9 Å². The minimum absolute atomic E-state index is 0. The van der Waals surface area contributed by atoms with Crippen LogP contribution in [0.1, 0.15) is 12.8 Å². The quantitative estimate of drug-likeness (QED) is 0.786. The first-order chi connectivity index (χ1) is 8.75. The number of carbonyl (C=O) groups excluding carboxylic acids is 1. The maximum absolute atomic E-state index is 12.0. The van der Waals surface area contributed by atoms with Gasteiger partial charge in [0.25, 0.3) is 0 Å². The van der Waals surface area contributed by atoms with Crippen molar-refractivity contribution >= 4 is 18.3 Å². The molecule has 2 rings (SSSR count). The van der Waals surface area contributed by atoms with Crippen LogP contribution in [-0.2, 0) is 9.53 Å². The number of amides is 1. The molecule has 1 N–H and O–H groups in total. The van der Waals surface area contributed by atoms with Crippen LogP contribution < -0.4 is 5.32 Å². The van der Waals surface area contributed by atoms with Crippen molar-refractivity contribution in [1.82, 2.24) is 15.1 Å². The zero-order valence-corrected chi connectivity index (χ0v) is 12.6. The van der Waals surface area contributed by atoms with Crippen LogP contribution in [0.25, 0.3) is 0 Å². The fraction of sp³-hybridized carbons (Fsp3) is 0.923. The zero-order chi connectivity index (χ0) is 12.8. The van der Waals surface area contributed by atoms with Gasteiger partial charge in [-0.1, -0.05) is 0 Å². The third-order valence-electron chi connectivity index (χ3n) is 3.77. The number of piperazine rings is 1. The van der Waals surface area contributed by atoms with E-state index in [-0.39, 0.29) is 12.4 Å². The molecule has 6 heteroatoms. The maximum Gasteiger partial charge on any atom is 0.223 e. The van der Waals surface area contributed by atoms with E-state index in [1.165, 1.54) is 0 Å². The van der Waals surface area contributed by atoms with Crippen molar-refractivity contribution in [3.8, 4) is 0 Å². The predicted molar refractivity (Wildman–Crippen MR) is 77.7 cm³/mol. The van der Waals surface area contributed by atoms with Gasteiger partial charge in [0.2, 0.25) is 5.91 Å². The first kappa shape index (κ1) is 16.7. The van der Waals surface area contributed by atoms with Crippen LogP contribution in [0.15, 0.2) is 0 Å². The molecule has 112 valence electrons. The van der Waals surface area contributed by atoms with Crippen molar-refractivity contribution < 1.29 is 9.53 Å². The van der Waals surface area contributed by atoms with E-state index in [2.05, 4.69) is 17.3 Å².